The SMILES string of the molecule is C[C@H](CO)N1C[C@H](C)[C@H](CN(C)S(C)(=O)=O)Oc2cc(C#CC3CC3)ccc2S1(=O)=O. The Bertz CT molecular complexity index is 1090. The van der Waals surface area contributed by atoms with E-state index in [2.05, 4.69) is 11.8 Å². The second kappa shape index (κ2) is 9.08. The Morgan fingerprint density at radius 3 is 2.61 bits per heavy atom. The summed E-state index contributed by atoms with van der Waals surface area (Å²) in [4.78, 5) is -0.0105. The maximum absolute atomic E-state index is 13.4. The number of hydrogen-bond acceptors (Lipinski definition) is 6. The van der Waals surface area contributed by atoms with Crippen LogP contribution in [-0.4, -0.2) is 75.7 Å². The molecule has 0 spiro atoms. The molecule has 0 unspecified atom stereocenters. The van der Waals surface area contributed by atoms with Gasteiger partial charge in [-0.3, -0.25) is 0 Å². The third-order valence-electron chi connectivity index (χ3n) is 5.67. The van der Waals surface area contributed by atoms with Gasteiger partial charge in [-0.1, -0.05) is 18.8 Å². The van der Waals surface area contributed by atoms with Gasteiger partial charge in [-0.2, -0.15) is 4.31 Å². The van der Waals surface area contributed by atoms with Gasteiger partial charge < -0.3 is 9.84 Å². The molecule has 3 rings (SSSR count). The maximum atomic E-state index is 13.4. The molecule has 1 heterocycles. The fourth-order valence-electron chi connectivity index (χ4n) is 3.32. The molecule has 172 valence electrons. The van der Waals surface area contributed by atoms with E-state index >= 15 is 0 Å². The number of fused-ring (bicyclic) bond motifs is 1. The zero-order chi connectivity index (χ0) is 23.0. The normalized spacial score (nSPS) is 24.8. The van der Waals surface area contributed by atoms with Crippen LogP contribution in [0, 0.1) is 23.7 Å². The fraction of sp³-hybridized carbons (Fsp3) is 0.619. The third-order valence-corrected chi connectivity index (χ3v) is 8.97. The van der Waals surface area contributed by atoms with Crippen LogP contribution in [0.2, 0.25) is 0 Å². The molecule has 0 bridgehead atoms. The second-order valence-corrected chi connectivity index (χ2v) is 12.4. The Labute approximate surface area is 185 Å². The highest BCUT2D eigenvalue weighted by Crippen LogP contribution is 2.34. The highest BCUT2D eigenvalue weighted by molar-refractivity contribution is 7.89. The molecule has 1 aliphatic carbocycles. The van der Waals surface area contributed by atoms with E-state index in [1.165, 1.54) is 21.7 Å². The van der Waals surface area contributed by atoms with Gasteiger partial charge in [-0.15, -0.1) is 0 Å². The summed E-state index contributed by atoms with van der Waals surface area (Å²) in [6.45, 7) is 3.28. The summed E-state index contributed by atoms with van der Waals surface area (Å²) in [5.41, 5.74) is 0.644. The zero-order valence-electron chi connectivity index (χ0n) is 18.3. The van der Waals surface area contributed by atoms with Crippen molar-refractivity contribution < 1.29 is 26.7 Å². The molecule has 10 heteroatoms. The van der Waals surface area contributed by atoms with Gasteiger partial charge in [0.2, 0.25) is 20.0 Å². The number of aliphatic hydroxyl groups excluding tert-OH is 1. The molecule has 8 nitrogen and oxygen atoms in total. The molecule has 0 radical (unpaired) electrons. The van der Waals surface area contributed by atoms with E-state index in [9.17, 15) is 21.9 Å². The van der Waals surface area contributed by atoms with Crippen molar-refractivity contribution in [1.29, 1.82) is 0 Å². The molecule has 2 aliphatic rings. The molecule has 1 fully saturated rings. The van der Waals surface area contributed by atoms with Gasteiger partial charge in [-0.25, -0.2) is 21.1 Å². The minimum absolute atomic E-state index is 0.0105. The first kappa shape index (κ1) is 24.0. The van der Waals surface area contributed by atoms with Crippen molar-refractivity contribution in [3.63, 3.8) is 0 Å². The van der Waals surface area contributed by atoms with E-state index < -0.39 is 32.2 Å². The molecule has 1 aliphatic heterocycles. The van der Waals surface area contributed by atoms with Gasteiger partial charge in [0.15, 0.2) is 0 Å². The van der Waals surface area contributed by atoms with Crippen LogP contribution in [0.3, 0.4) is 0 Å². The van der Waals surface area contributed by atoms with E-state index in [0.29, 0.717) is 11.5 Å². The standard InChI is InChI=1S/C21H30N2O6S2/c1-15-12-23(16(2)14-24)31(27,28)21-10-9-18(8-7-17-5-6-17)11-19(21)29-20(15)13-22(3)30(4,25)26/h9-11,15-17,20,24H,5-6,12-14H2,1-4H3/t15-,16+,20-/m0/s1. The van der Waals surface area contributed by atoms with Crippen LogP contribution in [0.25, 0.3) is 0 Å². The molecule has 1 aromatic rings. The van der Waals surface area contributed by atoms with Crippen LogP contribution >= 0.6 is 0 Å². The maximum Gasteiger partial charge on any atom is 0.247 e. The number of rotatable bonds is 5. The monoisotopic (exact) mass is 470 g/mol. The molecular weight excluding hydrogens is 440 g/mol. The van der Waals surface area contributed by atoms with Gasteiger partial charge >= 0.3 is 0 Å². The first-order chi connectivity index (χ1) is 14.4. The first-order valence-corrected chi connectivity index (χ1v) is 13.6. The third kappa shape index (κ3) is 5.59. The van der Waals surface area contributed by atoms with Crippen LogP contribution in [-0.2, 0) is 20.0 Å². The molecule has 1 saturated carbocycles. The number of ether oxygens (including phenoxy) is 1. The number of aliphatic hydroxyl groups is 1. The van der Waals surface area contributed by atoms with Crippen molar-refractivity contribution in [2.75, 3.05) is 33.0 Å². The average Bonchev–Trinajstić information content (AvgIpc) is 3.52. The number of hydrogen-bond donors (Lipinski definition) is 1. The molecule has 3 atom stereocenters. The summed E-state index contributed by atoms with van der Waals surface area (Å²) >= 11 is 0. The molecule has 1 N–H and O–H groups in total. The van der Waals surface area contributed by atoms with Crippen molar-refractivity contribution in [1.82, 2.24) is 8.61 Å². The molecule has 31 heavy (non-hydrogen) atoms. The van der Waals surface area contributed by atoms with Crippen molar-refractivity contribution in [3.05, 3.63) is 23.8 Å². The number of likely N-dealkylation sites (N-methyl/N-ethyl adjacent to an activating group) is 1. The van der Waals surface area contributed by atoms with Crippen LogP contribution in [0.4, 0.5) is 0 Å². The lowest BCUT2D eigenvalue weighted by atomic mass is 10.0. The van der Waals surface area contributed by atoms with Crippen LogP contribution in [0.15, 0.2) is 23.1 Å². The minimum Gasteiger partial charge on any atom is -0.487 e. The fourth-order valence-corrected chi connectivity index (χ4v) is 5.57. The van der Waals surface area contributed by atoms with Crippen molar-refractivity contribution in [2.24, 2.45) is 11.8 Å². The number of sulfonamides is 2. The van der Waals surface area contributed by atoms with Gasteiger partial charge in [0, 0.05) is 37.0 Å². The molecule has 1 aromatic carbocycles. The van der Waals surface area contributed by atoms with E-state index in [4.69, 9.17) is 4.74 Å². The average molecular weight is 471 g/mol. The Balaban J connectivity index is 2.07. The number of benzene rings is 1. The topological polar surface area (TPSA) is 104 Å². The van der Waals surface area contributed by atoms with Crippen LogP contribution in [0.5, 0.6) is 5.75 Å². The Kier molecular flexibility index (Phi) is 7.03. The quantitative estimate of drug-likeness (QED) is 0.647. The van der Waals surface area contributed by atoms with E-state index in [-0.39, 0.29) is 36.3 Å². The predicted octanol–water partition coefficient (Wildman–Crippen LogP) is 1.11. The number of nitrogens with zero attached hydrogens (tertiary/aromatic N) is 2. The van der Waals surface area contributed by atoms with Gasteiger partial charge in [0.1, 0.15) is 16.7 Å². The summed E-state index contributed by atoms with van der Waals surface area (Å²) in [5.74, 6) is 6.43. The first-order valence-electron chi connectivity index (χ1n) is 10.3. The van der Waals surface area contributed by atoms with Crippen LogP contribution in [0.1, 0.15) is 32.3 Å². The Morgan fingerprint density at radius 1 is 1.35 bits per heavy atom. The summed E-state index contributed by atoms with van der Waals surface area (Å²) in [6, 6.07) is 4.10. The summed E-state index contributed by atoms with van der Waals surface area (Å²) in [7, 11) is -5.91. The van der Waals surface area contributed by atoms with Gasteiger partial charge in [0.25, 0.3) is 0 Å². The van der Waals surface area contributed by atoms with Crippen molar-refractivity contribution >= 4 is 20.0 Å². The van der Waals surface area contributed by atoms with E-state index in [1.54, 1.807) is 19.1 Å². The van der Waals surface area contributed by atoms with Crippen molar-refractivity contribution in [2.45, 2.75) is 43.7 Å². The Hall–Kier alpha value is -1.64. The zero-order valence-corrected chi connectivity index (χ0v) is 19.9. The second-order valence-electron chi connectivity index (χ2n) is 8.49. The lowest BCUT2D eigenvalue weighted by Crippen LogP contribution is -2.50. The largest absolute Gasteiger partial charge is 0.487 e. The van der Waals surface area contributed by atoms with E-state index in [1.807, 2.05) is 6.92 Å². The highest BCUT2D eigenvalue weighted by atomic mass is 32.2. The minimum atomic E-state index is -3.93. The van der Waals surface area contributed by atoms with Gasteiger partial charge in [0.05, 0.1) is 19.4 Å². The Morgan fingerprint density at radius 2 is 2.03 bits per heavy atom. The van der Waals surface area contributed by atoms with Crippen LogP contribution < -0.4 is 4.74 Å². The lowest BCUT2D eigenvalue weighted by Gasteiger charge is -2.37. The van der Waals surface area contributed by atoms with Crippen molar-refractivity contribution in [3.8, 4) is 17.6 Å². The molecule has 0 amide bonds. The summed E-state index contributed by atoms with van der Waals surface area (Å²) in [5, 5.41) is 9.66. The van der Waals surface area contributed by atoms with E-state index in [0.717, 1.165) is 19.1 Å². The molecular formula is C21H30N2O6S2. The molecule has 0 saturated heterocycles. The summed E-state index contributed by atoms with van der Waals surface area (Å²) in [6.07, 6.45) is 2.68. The smallest absolute Gasteiger partial charge is 0.247 e. The summed E-state index contributed by atoms with van der Waals surface area (Å²) < 4.78 is 59.3. The predicted molar refractivity (Wildman–Crippen MR) is 118 cm³/mol. The van der Waals surface area contributed by atoms with Gasteiger partial charge in [-0.05, 0) is 38.0 Å². The molecule has 0 aromatic heterocycles. The highest BCUT2D eigenvalue weighted by Gasteiger charge is 2.38. The lowest BCUT2D eigenvalue weighted by molar-refractivity contribution is 0.0905.